The number of ether oxygens (including phenoxy) is 1. The quantitative estimate of drug-likeness (QED) is 0.608. The van der Waals surface area contributed by atoms with Crippen molar-refractivity contribution in [3.05, 3.63) is 12.7 Å². The Bertz CT molecular complexity index is 147. The molecule has 3 heteroatoms. The molecule has 1 aliphatic rings. The van der Waals surface area contributed by atoms with E-state index in [9.17, 15) is 10.2 Å². The average Bonchev–Trinajstić information content (AvgIpc) is 2.05. The fourth-order valence-electron chi connectivity index (χ4n) is 1.46. The predicted octanol–water partition coefficient (Wildman–Crippen LogP) is 0.463. The van der Waals surface area contributed by atoms with Gasteiger partial charge >= 0.3 is 0 Å². The van der Waals surface area contributed by atoms with Crippen LogP contribution in [0.25, 0.3) is 0 Å². The Balaban J connectivity index is 2.41. The van der Waals surface area contributed by atoms with E-state index in [0.717, 1.165) is 12.8 Å². The first-order valence-electron chi connectivity index (χ1n) is 4.34. The molecule has 0 amide bonds. The molecule has 70 valence electrons. The third-order valence-corrected chi connectivity index (χ3v) is 2.12. The molecule has 0 saturated carbocycles. The Hall–Kier alpha value is -0.380. The van der Waals surface area contributed by atoms with Crippen LogP contribution in [0.1, 0.15) is 19.3 Å². The molecule has 1 aliphatic heterocycles. The van der Waals surface area contributed by atoms with E-state index in [-0.39, 0.29) is 0 Å². The SMILES string of the molecule is C=CC[C@H](O)[C@H]1OCCC[C@@H]1O. The van der Waals surface area contributed by atoms with Crippen LogP contribution in [0.4, 0.5) is 0 Å². The summed E-state index contributed by atoms with van der Waals surface area (Å²) in [4.78, 5) is 0. The summed E-state index contributed by atoms with van der Waals surface area (Å²) in [5.41, 5.74) is 0. The smallest absolute Gasteiger partial charge is 0.109 e. The van der Waals surface area contributed by atoms with Crippen LogP contribution in [0, 0.1) is 0 Å². The highest BCUT2D eigenvalue weighted by Gasteiger charge is 2.29. The summed E-state index contributed by atoms with van der Waals surface area (Å²) in [6.07, 6.45) is 2.15. The van der Waals surface area contributed by atoms with Crippen molar-refractivity contribution >= 4 is 0 Å². The average molecular weight is 172 g/mol. The van der Waals surface area contributed by atoms with Crippen LogP contribution in [-0.4, -0.2) is 35.1 Å². The zero-order chi connectivity index (χ0) is 8.97. The standard InChI is InChI=1S/C9H16O3/c1-2-4-7(10)9-8(11)5-3-6-12-9/h2,7-11H,1,3-6H2/t7-,8-,9+/m0/s1. The van der Waals surface area contributed by atoms with E-state index in [0.29, 0.717) is 13.0 Å². The lowest BCUT2D eigenvalue weighted by Gasteiger charge is -2.31. The van der Waals surface area contributed by atoms with E-state index in [2.05, 4.69) is 6.58 Å². The van der Waals surface area contributed by atoms with Crippen LogP contribution in [0.2, 0.25) is 0 Å². The second-order valence-corrected chi connectivity index (χ2v) is 3.14. The Labute approximate surface area is 72.7 Å². The van der Waals surface area contributed by atoms with Crippen molar-refractivity contribution in [2.75, 3.05) is 6.61 Å². The summed E-state index contributed by atoms with van der Waals surface area (Å²) in [5.74, 6) is 0. The van der Waals surface area contributed by atoms with Crippen LogP contribution < -0.4 is 0 Å². The summed E-state index contributed by atoms with van der Waals surface area (Å²) in [7, 11) is 0. The lowest BCUT2D eigenvalue weighted by molar-refractivity contribution is -0.125. The topological polar surface area (TPSA) is 49.7 Å². The van der Waals surface area contributed by atoms with E-state index >= 15 is 0 Å². The van der Waals surface area contributed by atoms with E-state index in [1.807, 2.05) is 0 Å². The largest absolute Gasteiger partial charge is 0.390 e. The summed E-state index contributed by atoms with van der Waals surface area (Å²) in [6, 6.07) is 0. The van der Waals surface area contributed by atoms with E-state index < -0.39 is 18.3 Å². The van der Waals surface area contributed by atoms with Crippen molar-refractivity contribution in [3.8, 4) is 0 Å². The van der Waals surface area contributed by atoms with Crippen molar-refractivity contribution in [2.45, 2.75) is 37.6 Å². The molecule has 0 aromatic rings. The Morgan fingerprint density at radius 3 is 3.00 bits per heavy atom. The Morgan fingerprint density at radius 2 is 2.42 bits per heavy atom. The van der Waals surface area contributed by atoms with Crippen LogP contribution in [0.15, 0.2) is 12.7 Å². The van der Waals surface area contributed by atoms with Gasteiger partial charge in [0.2, 0.25) is 0 Å². The molecule has 0 aromatic carbocycles. The fraction of sp³-hybridized carbons (Fsp3) is 0.778. The first-order valence-corrected chi connectivity index (χ1v) is 4.34. The predicted molar refractivity (Wildman–Crippen MR) is 45.8 cm³/mol. The number of rotatable bonds is 3. The first-order chi connectivity index (χ1) is 5.75. The zero-order valence-corrected chi connectivity index (χ0v) is 7.15. The number of hydrogen-bond acceptors (Lipinski definition) is 3. The van der Waals surface area contributed by atoms with Gasteiger partial charge in [0.1, 0.15) is 6.10 Å². The highest BCUT2D eigenvalue weighted by Crippen LogP contribution is 2.18. The molecule has 0 radical (unpaired) electrons. The van der Waals surface area contributed by atoms with Crippen molar-refractivity contribution in [1.82, 2.24) is 0 Å². The van der Waals surface area contributed by atoms with Crippen molar-refractivity contribution in [2.24, 2.45) is 0 Å². The number of aliphatic hydroxyl groups excluding tert-OH is 2. The van der Waals surface area contributed by atoms with Gasteiger partial charge in [-0.25, -0.2) is 0 Å². The Morgan fingerprint density at radius 1 is 1.67 bits per heavy atom. The maximum Gasteiger partial charge on any atom is 0.109 e. The second kappa shape index (κ2) is 4.60. The molecule has 3 atom stereocenters. The maximum absolute atomic E-state index is 9.49. The van der Waals surface area contributed by atoms with E-state index in [1.54, 1.807) is 6.08 Å². The van der Waals surface area contributed by atoms with Gasteiger partial charge in [0.05, 0.1) is 12.2 Å². The van der Waals surface area contributed by atoms with Crippen LogP contribution in [-0.2, 0) is 4.74 Å². The molecule has 1 heterocycles. The summed E-state index contributed by atoms with van der Waals surface area (Å²) in [6.45, 7) is 4.16. The third kappa shape index (κ3) is 2.30. The van der Waals surface area contributed by atoms with Gasteiger partial charge in [0, 0.05) is 6.61 Å². The maximum atomic E-state index is 9.49. The molecule has 2 N–H and O–H groups in total. The molecule has 0 aliphatic carbocycles. The van der Waals surface area contributed by atoms with Crippen LogP contribution in [0.3, 0.4) is 0 Å². The van der Waals surface area contributed by atoms with Crippen molar-refractivity contribution < 1.29 is 14.9 Å². The molecule has 1 rings (SSSR count). The highest BCUT2D eigenvalue weighted by molar-refractivity contribution is 4.84. The van der Waals surface area contributed by atoms with Crippen molar-refractivity contribution in [3.63, 3.8) is 0 Å². The molecule has 0 spiro atoms. The number of aliphatic hydroxyl groups is 2. The highest BCUT2D eigenvalue weighted by atomic mass is 16.5. The van der Waals surface area contributed by atoms with Gasteiger partial charge in [-0.15, -0.1) is 6.58 Å². The van der Waals surface area contributed by atoms with E-state index in [1.165, 1.54) is 0 Å². The second-order valence-electron chi connectivity index (χ2n) is 3.14. The molecule has 0 bridgehead atoms. The first kappa shape index (κ1) is 9.71. The number of hydrogen-bond donors (Lipinski definition) is 2. The van der Waals surface area contributed by atoms with Gasteiger partial charge in [-0.3, -0.25) is 0 Å². The summed E-state index contributed by atoms with van der Waals surface area (Å²) < 4.78 is 5.26. The minimum atomic E-state index is -0.613. The molecule has 0 aromatic heterocycles. The molecular formula is C9H16O3. The molecule has 12 heavy (non-hydrogen) atoms. The summed E-state index contributed by atoms with van der Waals surface area (Å²) >= 11 is 0. The lowest BCUT2D eigenvalue weighted by atomic mass is 9.99. The zero-order valence-electron chi connectivity index (χ0n) is 7.15. The molecule has 3 nitrogen and oxygen atoms in total. The molecular weight excluding hydrogens is 156 g/mol. The van der Waals surface area contributed by atoms with Gasteiger partial charge in [0.15, 0.2) is 0 Å². The van der Waals surface area contributed by atoms with E-state index in [4.69, 9.17) is 4.74 Å². The van der Waals surface area contributed by atoms with Gasteiger partial charge in [-0.1, -0.05) is 6.08 Å². The summed E-state index contributed by atoms with van der Waals surface area (Å²) in [5, 5.41) is 18.9. The minimum absolute atomic E-state index is 0.420. The minimum Gasteiger partial charge on any atom is -0.390 e. The van der Waals surface area contributed by atoms with Crippen LogP contribution >= 0.6 is 0 Å². The molecule has 0 unspecified atom stereocenters. The van der Waals surface area contributed by atoms with Gasteiger partial charge in [0.25, 0.3) is 0 Å². The molecule has 1 fully saturated rings. The van der Waals surface area contributed by atoms with Crippen molar-refractivity contribution in [1.29, 1.82) is 0 Å². The van der Waals surface area contributed by atoms with Crippen LogP contribution in [0.5, 0.6) is 0 Å². The van der Waals surface area contributed by atoms with Gasteiger partial charge < -0.3 is 14.9 Å². The monoisotopic (exact) mass is 172 g/mol. The Kier molecular flexibility index (Phi) is 3.72. The molecule has 1 saturated heterocycles. The normalized spacial score (nSPS) is 32.8. The van der Waals surface area contributed by atoms with Gasteiger partial charge in [-0.05, 0) is 19.3 Å². The lowest BCUT2D eigenvalue weighted by Crippen LogP contribution is -2.42. The fourth-order valence-corrected chi connectivity index (χ4v) is 1.46. The van der Waals surface area contributed by atoms with Gasteiger partial charge in [-0.2, -0.15) is 0 Å². The third-order valence-electron chi connectivity index (χ3n) is 2.12.